The van der Waals surface area contributed by atoms with E-state index >= 15 is 0 Å². The zero-order chi connectivity index (χ0) is 15.0. The van der Waals surface area contributed by atoms with Gasteiger partial charge in [0.1, 0.15) is 0 Å². The fourth-order valence-corrected chi connectivity index (χ4v) is 3.53. The van der Waals surface area contributed by atoms with Crippen LogP contribution in [0.1, 0.15) is 32.6 Å². The van der Waals surface area contributed by atoms with Crippen molar-refractivity contribution >= 4 is 26.8 Å². The Labute approximate surface area is 124 Å². The second-order valence-electron chi connectivity index (χ2n) is 4.97. The average molecular weight is 349 g/mol. The summed E-state index contributed by atoms with van der Waals surface area (Å²) in [5.74, 6) is -0.898. The van der Waals surface area contributed by atoms with Crippen molar-refractivity contribution < 1.29 is 14.7 Å². The number of aliphatic carboxylic acids is 1. The van der Waals surface area contributed by atoms with E-state index in [1.165, 1.54) is 0 Å². The first kappa shape index (κ1) is 17.1. The van der Waals surface area contributed by atoms with Gasteiger partial charge >= 0.3 is 124 Å². The van der Waals surface area contributed by atoms with E-state index in [-0.39, 0.29) is 26.5 Å². The Morgan fingerprint density at radius 1 is 1.40 bits per heavy atom. The number of carboxylic acids is 1. The van der Waals surface area contributed by atoms with Crippen molar-refractivity contribution in [3.05, 3.63) is 0 Å². The molecule has 0 aliphatic carbocycles. The van der Waals surface area contributed by atoms with Crippen LogP contribution in [0.25, 0.3) is 0 Å². The van der Waals surface area contributed by atoms with Gasteiger partial charge in [-0.3, -0.25) is 0 Å². The standard InChI is InChI=1S/C12H22N4O3Se/c1-12(15-16-12)5-2-6-14-10(17)4-8-20-7-3-9(13)11(18)19/h9H,2-8,13H2,1H3,(H,14,17)(H,18,19)/t9-/m0/s1. The van der Waals surface area contributed by atoms with E-state index in [0.717, 1.165) is 23.5 Å². The molecule has 114 valence electrons. The number of nitrogens with two attached hydrogens (primary N) is 1. The molecule has 1 aliphatic heterocycles. The van der Waals surface area contributed by atoms with Gasteiger partial charge < -0.3 is 0 Å². The molecular formula is C12H22N4O3Se. The molecule has 0 aromatic heterocycles. The summed E-state index contributed by atoms with van der Waals surface area (Å²) in [6, 6.07) is -0.773. The number of carboxylic acid groups (broad SMARTS) is 1. The predicted molar refractivity (Wildman–Crippen MR) is 75.7 cm³/mol. The molecule has 0 fully saturated rings. The Balaban J connectivity index is 1.88. The summed E-state index contributed by atoms with van der Waals surface area (Å²) in [7, 11) is 0. The molecule has 0 saturated carbocycles. The molecule has 8 heteroatoms. The summed E-state index contributed by atoms with van der Waals surface area (Å²) in [4.78, 5) is 22.0. The second kappa shape index (κ2) is 8.34. The van der Waals surface area contributed by atoms with Gasteiger partial charge in [0.2, 0.25) is 0 Å². The van der Waals surface area contributed by atoms with Crippen molar-refractivity contribution in [2.45, 2.75) is 55.0 Å². The van der Waals surface area contributed by atoms with Crippen LogP contribution < -0.4 is 11.1 Å². The number of hydrogen-bond donors (Lipinski definition) is 3. The Hall–Kier alpha value is -0.981. The molecule has 1 atom stereocenters. The quantitative estimate of drug-likeness (QED) is 0.378. The van der Waals surface area contributed by atoms with Crippen molar-refractivity contribution in [3.63, 3.8) is 0 Å². The van der Waals surface area contributed by atoms with Crippen LogP contribution in [-0.2, 0) is 9.59 Å². The topological polar surface area (TPSA) is 117 Å². The third-order valence-corrected chi connectivity index (χ3v) is 5.09. The Bertz CT molecular complexity index is 370. The molecule has 0 aromatic carbocycles. The number of nitrogens with one attached hydrogen (secondary N) is 1. The van der Waals surface area contributed by atoms with Crippen molar-refractivity contribution in [1.82, 2.24) is 5.32 Å². The van der Waals surface area contributed by atoms with Gasteiger partial charge in [0, 0.05) is 0 Å². The molecule has 20 heavy (non-hydrogen) atoms. The van der Waals surface area contributed by atoms with E-state index in [4.69, 9.17) is 10.8 Å². The van der Waals surface area contributed by atoms with E-state index < -0.39 is 12.0 Å². The van der Waals surface area contributed by atoms with Crippen LogP contribution >= 0.6 is 0 Å². The number of hydrogen-bond acceptors (Lipinski definition) is 5. The van der Waals surface area contributed by atoms with Crippen LogP contribution in [0.3, 0.4) is 0 Å². The van der Waals surface area contributed by atoms with Crippen LogP contribution in [0.4, 0.5) is 0 Å². The molecule has 1 rings (SSSR count). The molecule has 1 aliphatic rings. The van der Waals surface area contributed by atoms with Crippen LogP contribution in [0.2, 0.25) is 10.6 Å². The summed E-state index contributed by atoms with van der Waals surface area (Å²) < 4.78 is 0. The molecule has 1 heterocycles. The van der Waals surface area contributed by atoms with Crippen LogP contribution in [0, 0.1) is 0 Å². The van der Waals surface area contributed by atoms with Crippen molar-refractivity contribution in [3.8, 4) is 0 Å². The van der Waals surface area contributed by atoms with Gasteiger partial charge in [-0.25, -0.2) is 0 Å². The first-order chi connectivity index (χ1) is 9.43. The van der Waals surface area contributed by atoms with Crippen LogP contribution in [-0.4, -0.2) is 50.2 Å². The maximum atomic E-state index is 11.5. The predicted octanol–water partition coefficient (Wildman–Crippen LogP) is 0.798. The first-order valence-corrected chi connectivity index (χ1v) is 9.12. The first-order valence-electron chi connectivity index (χ1n) is 6.70. The number of amides is 1. The van der Waals surface area contributed by atoms with Gasteiger partial charge in [-0.2, -0.15) is 0 Å². The summed E-state index contributed by atoms with van der Waals surface area (Å²) in [5, 5.41) is 20.9. The Kier molecular flexibility index (Phi) is 7.12. The fraction of sp³-hybridized carbons (Fsp3) is 0.833. The molecule has 0 radical (unpaired) electrons. The Morgan fingerprint density at radius 3 is 2.70 bits per heavy atom. The molecular weight excluding hydrogens is 327 g/mol. The van der Waals surface area contributed by atoms with Gasteiger partial charge in [-0.15, -0.1) is 0 Å². The van der Waals surface area contributed by atoms with Crippen LogP contribution in [0.5, 0.6) is 0 Å². The van der Waals surface area contributed by atoms with Crippen molar-refractivity contribution in [2.24, 2.45) is 16.0 Å². The molecule has 7 nitrogen and oxygen atoms in total. The number of rotatable bonds is 11. The average Bonchev–Trinajstić information content (AvgIpc) is 3.12. The zero-order valence-corrected chi connectivity index (χ0v) is 13.4. The minimum absolute atomic E-state index is 0.0595. The third kappa shape index (κ3) is 7.57. The summed E-state index contributed by atoms with van der Waals surface area (Å²) >= 11 is 0.281. The summed E-state index contributed by atoms with van der Waals surface area (Å²) in [6.45, 7) is 2.63. The van der Waals surface area contributed by atoms with E-state index in [1.54, 1.807) is 0 Å². The third-order valence-electron chi connectivity index (χ3n) is 2.95. The van der Waals surface area contributed by atoms with Gasteiger partial charge in [0.05, 0.1) is 0 Å². The maximum absolute atomic E-state index is 11.5. The molecule has 0 unspecified atom stereocenters. The van der Waals surface area contributed by atoms with E-state index in [2.05, 4.69) is 15.5 Å². The van der Waals surface area contributed by atoms with Gasteiger partial charge in [-0.1, -0.05) is 0 Å². The summed E-state index contributed by atoms with van der Waals surface area (Å²) in [5.41, 5.74) is 5.21. The van der Waals surface area contributed by atoms with E-state index in [0.29, 0.717) is 19.4 Å². The normalized spacial score (nSPS) is 16.7. The van der Waals surface area contributed by atoms with E-state index in [9.17, 15) is 9.59 Å². The molecule has 0 aromatic rings. The Morgan fingerprint density at radius 2 is 2.10 bits per heavy atom. The van der Waals surface area contributed by atoms with Crippen molar-refractivity contribution in [2.75, 3.05) is 6.54 Å². The minimum atomic E-state index is -0.957. The molecule has 4 N–H and O–H groups in total. The number of nitrogens with zero attached hydrogens (tertiary/aromatic N) is 2. The van der Waals surface area contributed by atoms with E-state index in [1.807, 2.05) is 6.92 Å². The monoisotopic (exact) mass is 350 g/mol. The molecule has 0 saturated heterocycles. The number of carbonyl (C=O) groups is 2. The molecule has 0 spiro atoms. The van der Waals surface area contributed by atoms with Gasteiger partial charge in [-0.05, 0) is 0 Å². The SMILES string of the molecule is CC1(CCCNC(=O)CC[Se]CC[C@H](N)C(=O)O)N=N1. The molecule has 0 bridgehead atoms. The van der Waals surface area contributed by atoms with Crippen molar-refractivity contribution in [1.29, 1.82) is 0 Å². The molecule has 1 amide bonds. The van der Waals surface area contributed by atoms with Gasteiger partial charge in [0.25, 0.3) is 0 Å². The zero-order valence-electron chi connectivity index (χ0n) is 11.7. The fourth-order valence-electron chi connectivity index (χ4n) is 1.53. The van der Waals surface area contributed by atoms with Gasteiger partial charge in [0.15, 0.2) is 0 Å². The summed E-state index contributed by atoms with van der Waals surface area (Å²) in [6.07, 6.45) is 2.76. The second-order valence-corrected chi connectivity index (χ2v) is 7.54. The number of carbonyl (C=O) groups excluding carboxylic acids is 1. The van der Waals surface area contributed by atoms with Crippen LogP contribution in [0.15, 0.2) is 10.2 Å².